The summed E-state index contributed by atoms with van der Waals surface area (Å²) in [4.78, 5) is 17.3. The van der Waals surface area contributed by atoms with Crippen molar-refractivity contribution in [2.75, 3.05) is 11.1 Å². The first-order valence-electron chi connectivity index (χ1n) is 8.00. The van der Waals surface area contributed by atoms with Gasteiger partial charge in [-0.2, -0.15) is 0 Å². The Bertz CT molecular complexity index is 1030. The number of amides is 1. The Labute approximate surface area is 174 Å². The molecule has 3 rings (SSSR count). The molecule has 3 aromatic rings. The molecule has 8 heteroatoms. The van der Waals surface area contributed by atoms with E-state index < -0.39 is 10.8 Å². The van der Waals surface area contributed by atoms with Gasteiger partial charge in [0.15, 0.2) is 5.13 Å². The first-order valence-corrected chi connectivity index (χ1v) is 11.0. The van der Waals surface area contributed by atoms with Gasteiger partial charge in [-0.05, 0) is 49.2 Å². The van der Waals surface area contributed by atoms with Gasteiger partial charge in [-0.15, -0.1) is 11.3 Å². The summed E-state index contributed by atoms with van der Waals surface area (Å²) in [6, 6.07) is 10.9. The van der Waals surface area contributed by atoms with Crippen molar-refractivity contribution in [3.05, 3.63) is 63.0 Å². The number of benzene rings is 2. The molecule has 1 heterocycles. The number of nitrogens with one attached hydrogen (secondary N) is 1. The van der Waals surface area contributed by atoms with E-state index in [0.717, 1.165) is 16.7 Å². The van der Waals surface area contributed by atoms with E-state index in [1.54, 1.807) is 23.6 Å². The van der Waals surface area contributed by atoms with Crippen LogP contribution in [-0.4, -0.2) is 20.9 Å². The summed E-state index contributed by atoms with van der Waals surface area (Å²) in [6.45, 7) is 3.81. The number of aromatic nitrogens is 1. The van der Waals surface area contributed by atoms with Crippen LogP contribution in [0.1, 0.15) is 11.1 Å². The van der Waals surface area contributed by atoms with Crippen LogP contribution in [0.4, 0.5) is 5.13 Å². The van der Waals surface area contributed by atoms with Gasteiger partial charge in [0.05, 0.1) is 21.5 Å². The molecule has 0 saturated carbocycles. The van der Waals surface area contributed by atoms with Crippen molar-refractivity contribution in [3.8, 4) is 11.3 Å². The smallest absolute Gasteiger partial charge is 0.239 e. The van der Waals surface area contributed by atoms with E-state index in [4.69, 9.17) is 23.2 Å². The van der Waals surface area contributed by atoms with E-state index in [0.29, 0.717) is 25.8 Å². The minimum atomic E-state index is -1.42. The lowest BCUT2D eigenvalue weighted by Gasteiger charge is -2.07. The van der Waals surface area contributed by atoms with E-state index in [1.807, 2.05) is 32.0 Å². The third-order valence-corrected chi connectivity index (χ3v) is 6.57. The average molecular weight is 439 g/mol. The second-order valence-electron chi connectivity index (χ2n) is 5.97. The van der Waals surface area contributed by atoms with Gasteiger partial charge in [-0.3, -0.25) is 9.00 Å². The Morgan fingerprint density at radius 2 is 1.96 bits per heavy atom. The van der Waals surface area contributed by atoms with E-state index in [9.17, 15) is 9.00 Å². The Morgan fingerprint density at radius 3 is 2.70 bits per heavy atom. The molecule has 0 aliphatic carbocycles. The van der Waals surface area contributed by atoms with Crippen LogP contribution in [0.25, 0.3) is 11.3 Å². The predicted octanol–water partition coefficient (Wildman–Crippen LogP) is 5.48. The van der Waals surface area contributed by atoms with Gasteiger partial charge in [0.25, 0.3) is 0 Å². The molecular weight excluding hydrogens is 423 g/mol. The molecule has 1 atom stereocenters. The highest BCUT2D eigenvalue weighted by Gasteiger charge is 2.15. The maximum absolute atomic E-state index is 12.5. The highest BCUT2D eigenvalue weighted by Crippen LogP contribution is 2.32. The van der Waals surface area contributed by atoms with Crippen molar-refractivity contribution in [3.63, 3.8) is 0 Å². The highest BCUT2D eigenvalue weighted by atomic mass is 35.5. The summed E-state index contributed by atoms with van der Waals surface area (Å²) in [5.74, 6) is -0.474. The van der Waals surface area contributed by atoms with Gasteiger partial charge < -0.3 is 5.32 Å². The summed E-state index contributed by atoms with van der Waals surface area (Å²) >= 11 is 13.4. The van der Waals surface area contributed by atoms with Crippen LogP contribution in [0.3, 0.4) is 0 Å². The third kappa shape index (κ3) is 4.96. The summed E-state index contributed by atoms with van der Waals surface area (Å²) in [5, 5.41) is 5.96. The molecule has 0 spiro atoms. The van der Waals surface area contributed by atoms with Gasteiger partial charge in [0, 0.05) is 20.9 Å². The molecule has 4 nitrogen and oxygen atoms in total. The topological polar surface area (TPSA) is 59.1 Å². The zero-order chi connectivity index (χ0) is 19.6. The minimum absolute atomic E-state index is 0.124. The average Bonchev–Trinajstić information content (AvgIpc) is 3.04. The summed E-state index contributed by atoms with van der Waals surface area (Å²) < 4.78 is 12.5. The van der Waals surface area contributed by atoms with Gasteiger partial charge in [0.2, 0.25) is 5.91 Å². The quantitative estimate of drug-likeness (QED) is 0.573. The molecular formula is C19H16Cl2N2O2S2. The van der Waals surface area contributed by atoms with Crippen LogP contribution < -0.4 is 5.32 Å². The zero-order valence-corrected chi connectivity index (χ0v) is 17.7. The zero-order valence-electron chi connectivity index (χ0n) is 14.6. The van der Waals surface area contributed by atoms with E-state index >= 15 is 0 Å². The summed E-state index contributed by atoms with van der Waals surface area (Å²) in [5.41, 5.74) is 3.29. The lowest BCUT2D eigenvalue weighted by Crippen LogP contribution is -2.19. The number of aryl methyl sites for hydroxylation is 2. The maximum atomic E-state index is 12.5. The van der Waals surface area contributed by atoms with Crippen LogP contribution in [0, 0.1) is 13.8 Å². The Morgan fingerprint density at radius 1 is 1.19 bits per heavy atom. The molecule has 0 aliphatic rings. The Hall–Kier alpha value is -1.73. The predicted molar refractivity (Wildman–Crippen MR) is 113 cm³/mol. The minimum Gasteiger partial charge on any atom is -0.301 e. The molecule has 0 fully saturated rings. The first kappa shape index (κ1) is 20.0. The number of hydrogen-bond acceptors (Lipinski definition) is 4. The molecule has 1 aromatic heterocycles. The van der Waals surface area contributed by atoms with Crippen LogP contribution in [0.15, 0.2) is 46.7 Å². The van der Waals surface area contributed by atoms with Gasteiger partial charge >= 0.3 is 0 Å². The van der Waals surface area contributed by atoms with Gasteiger partial charge in [-0.1, -0.05) is 35.3 Å². The molecule has 0 unspecified atom stereocenters. The van der Waals surface area contributed by atoms with Crippen molar-refractivity contribution in [2.45, 2.75) is 18.7 Å². The van der Waals surface area contributed by atoms with Crippen molar-refractivity contribution in [1.29, 1.82) is 0 Å². The number of carbonyl (C=O) groups is 1. The first-order chi connectivity index (χ1) is 12.8. The fraction of sp³-hybridized carbons (Fsp3) is 0.158. The van der Waals surface area contributed by atoms with Crippen LogP contribution in [-0.2, 0) is 15.6 Å². The van der Waals surface area contributed by atoms with Crippen LogP contribution in [0.5, 0.6) is 0 Å². The second kappa shape index (κ2) is 8.52. The lowest BCUT2D eigenvalue weighted by atomic mass is 10.2. The molecule has 140 valence electrons. The van der Waals surface area contributed by atoms with E-state index in [1.165, 1.54) is 11.3 Å². The summed E-state index contributed by atoms with van der Waals surface area (Å²) in [7, 11) is -1.42. The van der Waals surface area contributed by atoms with Crippen molar-refractivity contribution in [2.24, 2.45) is 0 Å². The van der Waals surface area contributed by atoms with Crippen molar-refractivity contribution >= 4 is 56.4 Å². The number of carbonyl (C=O) groups excluding carboxylic acids is 1. The monoisotopic (exact) mass is 438 g/mol. The molecule has 0 radical (unpaired) electrons. The third-order valence-electron chi connectivity index (χ3n) is 3.81. The van der Waals surface area contributed by atoms with Crippen LogP contribution in [0.2, 0.25) is 10.0 Å². The molecule has 0 saturated heterocycles. The lowest BCUT2D eigenvalue weighted by molar-refractivity contribution is -0.113. The number of hydrogen-bond donors (Lipinski definition) is 1. The molecule has 0 aliphatic heterocycles. The molecule has 1 N–H and O–H groups in total. The van der Waals surface area contributed by atoms with Crippen molar-refractivity contribution < 1.29 is 9.00 Å². The van der Waals surface area contributed by atoms with Crippen molar-refractivity contribution in [1.82, 2.24) is 4.98 Å². The largest absolute Gasteiger partial charge is 0.301 e. The summed E-state index contributed by atoms with van der Waals surface area (Å²) in [6.07, 6.45) is 0. The Balaban J connectivity index is 1.69. The number of thiazole rings is 1. The SMILES string of the molecule is Cc1ccc(C)c([S@@](=O)CC(=O)Nc2nc(-c3ccc(Cl)cc3Cl)cs2)c1. The Kier molecular flexibility index (Phi) is 6.32. The second-order valence-corrected chi connectivity index (χ2v) is 9.09. The van der Waals surface area contributed by atoms with Gasteiger partial charge in [0.1, 0.15) is 5.75 Å². The normalized spacial score (nSPS) is 12.0. The number of rotatable bonds is 5. The molecule has 1 amide bonds. The molecule has 2 aromatic carbocycles. The number of halogens is 2. The fourth-order valence-corrected chi connectivity index (χ4v) is 4.90. The standard InChI is InChI=1S/C19H16Cl2N2O2S2/c1-11-3-4-12(2)17(7-11)27(25)10-18(24)23-19-22-16(9-26-19)14-6-5-13(20)8-15(14)21/h3-9H,10H2,1-2H3,(H,22,23,24)/t27-/m0/s1. The van der Waals surface area contributed by atoms with Gasteiger partial charge in [-0.25, -0.2) is 4.98 Å². The molecule has 0 bridgehead atoms. The fourth-order valence-electron chi connectivity index (χ4n) is 2.46. The van der Waals surface area contributed by atoms with Crippen LogP contribution >= 0.6 is 34.5 Å². The number of anilines is 1. The maximum Gasteiger partial charge on any atom is 0.239 e. The number of nitrogens with zero attached hydrogens (tertiary/aromatic N) is 1. The highest BCUT2D eigenvalue weighted by molar-refractivity contribution is 7.85. The van der Waals surface area contributed by atoms with E-state index in [2.05, 4.69) is 10.3 Å². The van der Waals surface area contributed by atoms with E-state index in [-0.39, 0.29) is 11.7 Å². The molecule has 27 heavy (non-hydrogen) atoms.